The fourth-order valence-corrected chi connectivity index (χ4v) is 8.52. The van der Waals surface area contributed by atoms with Crippen molar-refractivity contribution in [2.24, 2.45) is 17.3 Å². The number of esters is 1. The van der Waals surface area contributed by atoms with E-state index in [1.165, 1.54) is 28.1 Å². The van der Waals surface area contributed by atoms with E-state index in [-0.39, 0.29) is 18.4 Å². The molecule has 3 aliphatic carbocycles. The van der Waals surface area contributed by atoms with E-state index in [0.717, 1.165) is 43.4 Å². The van der Waals surface area contributed by atoms with Gasteiger partial charge in [0.05, 0.1) is 23.2 Å². The number of benzene rings is 1. The van der Waals surface area contributed by atoms with Gasteiger partial charge in [-0.2, -0.15) is 10.2 Å². The van der Waals surface area contributed by atoms with Crippen LogP contribution < -0.4 is 0 Å². The Balaban J connectivity index is 1.31. The standard InChI is InChI=1S/C31H41N3O4S/c1-20-17-22(19-32-33-20)27-11-12-28-26-9-7-21-18-23(8-10-24(21)25(26)13-15-31(27,28)5)39(36,37)34(6)16-14-29(35)38-30(2,3)4/h8,10-11,17-19,25-26,28H,7,9,12-16H2,1-6H3/t25-,26-,28+,31-/m1/s1. The molecule has 2 aromatic rings. The third-order valence-electron chi connectivity index (χ3n) is 9.13. The molecule has 8 heteroatoms. The van der Waals surface area contributed by atoms with Gasteiger partial charge in [-0.15, -0.1) is 0 Å². The normalized spacial score (nSPS) is 26.4. The average molecular weight is 552 g/mol. The molecular formula is C31H41N3O4S. The van der Waals surface area contributed by atoms with Crippen molar-refractivity contribution in [3.8, 4) is 0 Å². The van der Waals surface area contributed by atoms with Crippen LogP contribution in [0, 0.1) is 24.2 Å². The van der Waals surface area contributed by atoms with Gasteiger partial charge in [0, 0.05) is 13.6 Å². The number of hydrogen-bond donors (Lipinski definition) is 0. The summed E-state index contributed by atoms with van der Waals surface area (Å²) in [5.41, 5.74) is 5.58. The third-order valence-corrected chi connectivity index (χ3v) is 11.0. The lowest BCUT2D eigenvalue weighted by Gasteiger charge is -2.50. The number of ether oxygens (including phenoxy) is 1. The molecule has 1 heterocycles. The molecule has 1 aromatic heterocycles. The molecule has 0 aliphatic heterocycles. The number of aryl methyl sites for hydroxylation is 2. The minimum absolute atomic E-state index is 0.0208. The Morgan fingerprint density at radius 3 is 2.69 bits per heavy atom. The molecule has 1 saturated carbocycles. The van der Waals surface area contributed by atoms with Crippen LogP contribution in [0.1, 0.15) is 88.1 Å². The lowest BCUT2D eigenvalue weighted by Crippen LogP contribution is -2.41. The largest absolute Gasteiger partial charge is 0.460 e. The van der Waals surface area contributed by atoms with Gasteiger partial charge in [0.25, 0.3) is 0 Å². The summed E-state index contributed by atoms with van der Waals surface area (Å²) in [5.74, 6) is 1.22. The van der Waals surface area contributed by atoms with Gasteiger partial charge in [-0.05, 0) is 123 Å². The van der Waals surface area contributed by atoms with Gasteiger partial charge in [-0.3, -0.25) is 4.79 Å². The van der Waals surface area contributed by atoms with Crippen LogP contribution in [0.3, 0.4) is 0 Å². The number of allylic oxidation sites excluding steroid dienone is 2. The molecule has 0 saturated heterocycles. The number of rotatable bonds is 6. The predicted molar refractivity (Wildman–Crippen MR) is 151 cm³/mol. The Hall–Kier alpha value is -2.58. The van der Waals surface area contributed by atoms with Crippen LogP contribution in [0.2, 0.25) is 0 Å². The molecule has 210 valence electrons. The highest BCUT2D eigenvalue weighted by molar-refractivity contribution is 7.89. The maximum atomic E-state index is 13.3. The average Bonchev–Trinajstić information content (AvgIpc) is 3.23. The third kappa shape index (κ3) is 5.30. The Bertz CT molecular complexity index is 1410. The Kier molecular flexibility index (Phi) is 7.25. The maximum Gasteiger partial charge on any atom is 0.307 e. The second-order valence-corrected chi connectivity index (χ2v) is 14.9. The van der Waals surface area contributed by atoms with Crippen LogP contribution in [0.15, 0.2) is 41.4 Å². The minimum atomic E-state index is -3.70. The second-order valence-electron chi connectivity index (χ2n) is 12.8. The molecule has 1 fully saturated rings. The van der Waals surface area contributed by atoms with Crippen molar-refractivity contribution in [3.63, 3.8) is 0 Å². The second kappa shape index (κ2) is 10.1. The molecular weight excluding hydrogens is 510 g/mol. The smallest absolute Gasteiger partial charge is 0.307 e. The van der Waals surface area contributed by atoms with Crippen molar-refractivity contribution < 1.29 is 17.9 Å². The van der Waals surface area contributed by atoms with Gasteiger partial charge in [0.15, 0.2) is 0 Å². The van der Waals surface area contributed by atoms with Crippen LogP contribution in [0.25, 0.3) is 5.57 Å². The van der Waals surface area contributed by atoms with E-state index in [1.807, 2.05) is 19.2 Å². The van der Waals surface area contributed by atoms with Gasteiger partial charge < -0.3 is 4.74 Å². The van der Waals surface area contributed by atoms with Gasteiger partial charge in [0.2, 0.25) is 10.0 Å². The molecule has 0 amide bonds. The fraction of sp³-hybridized carbons (Fsp3) is 0.581. The van der Waals surface area contributed by atoms with Gasteiger partial charge >= 0.3 is 5.97 Å². The summed E-state index contributed by atoms with van der Waals surface area (Å²) < 4.78 is 33.3. The Morgan fingerprint density at radius 2 is 1.97 bits per heavy atom. The number of fused-ring (bicyclic) bond motifs is 5. The van der Waals surface area contributed by atoms with Crippen LogP contribution in [0.5, 0.6) is 0 Å². The molecule has 1 aromatic carbocycles. The summed E-state index contributed by atoms with van der Waals surface area (Å²) in [6, 6.07) is 7.85. The zero-order valence-corrected chi connectivity index (χ0v) is 24.8. The van der Waals surface area contributed by atoms with Gasteiger partial charge in [0.1, 0.15) is 5.60 Å². The number of carbonyl (C=O) groups is 1. The number of aromatic nitrogens is 2. The first-order valence-corrected chi connectivity index (χ1v) is 15.5. The van der Waals surface area contributed by atoms with Gasteiger partial charge in [-0.1, -0.05) is 19.1 Å². The molecule has 7 nitrogen and oxygen atoms in total. The molecule has 0 spiro atoms. The number of nitrogens with zero attached hydrogens (tertiary/aromatic N) is 3. The molecule has 3 aliphatic rings. The molecule has 0 bridgehead atoms. The zero-order chi connectivity index (χ0) is 28.2. The van der Waals surface area contributed by atoms with E-state index in [9.17, 15) is 13.2 Å². The summed E-state index contributed by atoms with van der Waals surface area (Å²) in [6.45, 7) is 9.92. The summed E-state index contributed by atoms with van der Waals surface area (Å²) in [5, 5.41) is 8.37. The monoisotopic (exact) mass is 551 g/mol. The highest BCUT2D eigenvalue weighted by atomic mass is 32.2. The Labute approximate surface area is 233 Å². The van der Waals surface area contributed by atoms with Crippen LogP contribution in [0.4, 0.5) is 0 Å². The van der Waals surface area contributed by atoms with E-state index in [4.69, 9.17) is 4.74 Å². The fourth-order valence-electron chi connectivity index (χ4n) is 7.30. The highest BCUT2D eigenvalue weighted by Gasteiger charge is 2.52. The van der Waals surface area contributed by atoms with Crippen LogP contribution in [-0.2, 0) is 26.0 Å². The number of hydrogen-bond acceptors (Lipinski definition) is 6. The van der Waals surface area contributed by atoms with Crippen LogP contribution >= 0.6 is 0 Å². The van der Waals surface area contributed by atoms with Crippen LogP contribution in [-0.4, -0.2) is 48.1 Å². The van der Waals surface area contributed by atoms with E-state index >= 15 is 0 Å². The van der Waals surface area contributed by atoms with E-state index in [2.05, 4.69) is 35.3 Å². The minimum Gasteiger partial charge on any atom is -0.460 e. The first kappa shape index (κ1) is 28.0. The van der Waals surface area contributed by atoms with Crippen molar-refractivity contribution in [2.45, 2.75) is 89.6 Å². The molecule has 39 heavy (non-hydrogen) atoms. The van der Waals surface area contributed by atoms with Crippen molar-refractivity contribution in [1.29, 1.82) is 0 Å². The first-order valence-electron chi connectivity index (χ1n) is 14.1. The summed E-state index contributed by atoms with van der Waals surface area (Å²) in [7, 11) is -2.17. The SMILES string of the molecule is Cc1cc(C2=CC[C@H]3[C@@H]4CCc5cc(S(=O)(=O)N(C)CCC(=O)OC(C)(C)C)ccc5[C@H]4CC[C@]23C)cnn1. The molecule has 5 rings (SSSR count). The summed E-state index contributed by atoms with van der Waals surface area (Å²) in [6.07, 6.45) is 9.61. The van der Waals surface area contributed by atoms with Crippen molar-refractivity contribution in [3.05, 3.63) is 58.9 Å². The molecule has 0 radical (unpaired) electrons. The molecule has 0 unspecified atom stereocenters. The summed E-state index contributed by atoms with van der Waals surface area (Å²) >= 11 is 0. The summed E-state index contributed by atoms with van der Waals surface area (Å²) in [4.78, 5) is 12.4. The topological polar surface area (TPSA) is 89.5 Å². The quantitative estimate of drug-likeness (QED) is 0.429. The first-order chi connectivity index (χ1) is 18.3. The lowest BCUT2D eigenvalue weighted by atomic mass is 9.54. The van der Waals surface area contributed by atoms with E-state index in [0.29, 0.717) is 22.6 Å². The van der Waals surface area contributed by atoms with E-state index in [1.54, 1.807) is 26.8 Å². The Morgan fingerprint density at radius 1 is 1.21 bits per heavy atom. The van der Waals surface area contributed by atoms with Gasteiger partial charge in [-0.25, -0.2) is 12.7 Å². The van der Waals surface area contributed by atoms with Crippen molar-refractivity contribution in [1.82, 2.24) is 14.5 Å². The predicted octanol–water partition coefficient (Wildman–Crippen LogP) is 5.69. The van der Waals surface area contributed by atoms with E-state index < -0.39 is 21.6 Å². The number of carbonyl (C=O) groups excluding carboxylic acids is 1. The molecule has 0 N–H and O–H groups in total. The van der Waals surface area contributed by atoms with Crippen molar-refractivity contribution in [2.75, 3.05) is 13.6 Å². The maximum absolute atomic E-state index is 13.3. The number of sulfonamides is 1. The van der Waals surface area contributed by atoms with Crippen molar-refractivity contribution >= 4 is 21.6 Å². The zero-order valence-electron chi connectivity index (χ0n) is 24.0. The lowest BCUT2D eigenvalue weighted by molar-refractivity contribution is -0.154. The molecule has 4 atom stereocenters. The highest BCUT2D eigenvalue weighted by Crippen LogP contribution is 2.63.